The Kier molecular flexibility index (Phi) is 3.79. The summed E-state index contributed by atoms with van der Waals surface area (Å²) in [5.41, 5.74) is 1.88. The van der Waals surface area contributed by atoms with Crippen LogP contribution in [0.1, 0.15) is 5.56 Å². The second-order valence-electron chi connectivity index (χ2n) is 7.07. The topological polar surface area (TPSA) is 86.1 Å². The molecular formula is C23H15N3O4. The van der Waals surface area contributed by atoms with Gasteiger partial charge in [0.05, 0.1) is 26.9 Å². The van der Waals surface area contributed by atoms with Crippen LogP contribution in [0.2, 0.25) is 0 Å². The van der Waals surface area contributed by atoms with Gasteiger partial charge in [0.25, 0.3) is 16.8 Å². The van der Waals surface area contributed by atoms with Gasteiger partial charge in [-0.25, -0.2) is 9.03 Å². The normalized spacial score (nSPS) is 11.4. The van der Waals surface area contributed by atoms with E-state index in [1.165, 1.54) is 21.2 Å². The van der Waals surface area contributed by atoms with E-state index in [4.69, 9.17) is 0 Å². The van der Waals surface area contributed by atoms with Crippen LogP contribution < -0.4 is 11.1 Å². The van der Waals surface area contributed by atoms with Crippen molar-refractivity contribution in [1.82, 2.24) is 9.03 Å². The lowest BCUT2D eigenvalue weighted by Gasteiger charge is -2.18. The highest BCUT2D eigenvalue weighted by Crippen LogP contribution is 2.29. The van der Waals surface area contributed by atoms with Gasteiger partial charge in [-0.3, -0.25) is 19.7 Å². The van der Waals surface area contributed by atoms with Crippen LogP contribution >= 0.6 is 0 Å². The lowest BCUT2D eigenvalue weighted by atomic mass is 10.0. The van der Waals surface area contributed by atoms with Crippen molar-refractivity contribution in [1.29, 1.82) is 0 Å². The van der Waals surface area contributed by atoms with Gasteiger partial charge in [0.15, 0.2) is 0 Å². The van der Waals surface area contributed by atoms with Crippen molar-refractivity contribution in [3.8, 4) is 11.3 Å². The lowest BCUT2D eigenvalue weighted by molar-refractivity contribution is -0.384. The first-order valence-corrected chi connectivity index (χ1v) is 9.32. The number of fused-ring (bicyclic) bond motifs is 4. The van der Waals surface area contributed by atoms with E-state index in [1.54, 1.807) is 42.5 Å². The van der Waals surface area contributed by atoms with Gasteiger partial charge in [-0.2, -0.15) is 0 Å². The number of para-hydroxylation sites is 1. The van der Waals surface area contributed by atoms with Crippen molar-refractivity contribution < 1.29 is 4.92 Å². The minimum atomic E-state index is -0.473. The Labute approximate surface area is 169 Å². The third kappa shape index (κ3) is 2.39. The predicted octanol–water partition coefficient (Wildman–Crippen LogP) is 3.95. The van der Waals surface area contributed by atoms with Crippen LogP contribution in [0.4, 0.5) is 5.69 Å². The molecule has 0 radical (unpaired) electrons. The van der Waals surface area contributed by atoms with Crippen LogP contribution in [0.3, 0.4) is 0 Å². The van der Waals surface area contributed by atoms with Gasteiger partial charge in [-0.05, 0) is 42.8 Å². The van der Waals surface area contributed by atoms with Gasteiger partial charge in [-0.1, -0.05) is 30.3 Å². The van der Waals surface area contributed by atoms with E-state index in [0.29, 0.717) is 27.5 Å². The maximum absolute atomic E-state index is 13.5. The first kappa shape index (κ1) is 17.8. The molecule has 0 amide bonds. The molecule has 7 heteroatoms. The monoisotopic (exact) mass is 397 g/mol. The van der Waals surface area contributed by atoms with Crippen LogP contribution in [0, 0.1) is 17.0 Å². The maximum atomic E-state index is 13.5. The van der Waals surface area contributed by atoms with Crippen molar-refractivity contribution in [2.75, 3.05) is 0 Å². The lowest BCUT2D eigenvalue weighted by Crippen LogP contribution is -2.32. The molecular weight excluding hydrogens is 382 g/mol. The summed E-state index contributed by atoms with van der Waals surface area (Å²) < 4.78 is 2.77. The summed E-state index contributed by atoms with van der Waals surface area (Å²) in [5, 5.41) is 12.5. The van der Waals surface area contributed by atoms with Gasteiger partial charge in [-0.15, -0.1) is 0 Å². The summed E-state index contributed by atoms with van der Waals surface area (Å²) in [6.07, 6.45) is 0. The Hall–Kier alpha value is -4.26. The van der Waals surface area contributed by atoms with Gasteiger partial charge in [0.1, 0.15) is 0 Å². The van der Waals surface area contributed by atoms with Crippen molar-refractivity contribution in [3.63, 3.8) is 0 Å². The minimum absolute atomic E-state index is 0.0449. The minimum Gasteiger partial charge on any atom is -0.267 e. The molecule has 0 saturated carbocycles. The fraction of sp³-hybridized carbons (Fsp3) is 0.0435. The van der Waals surface area contributed by atoms with E-state index < -0.39 is 4.92 Å². The number of rotatable bonds is 2. The average molecular weight is 397 g/mol. The second kappa shape index (κ2) is 6.38. The van der Waals surface area contributed by atoms with Crippen molar-refractivity contribution in [2.45, 2.75) is 6.92 Å². The van der Waals surface area contributed by atoms with Crippen LogP contribution in [0.25, 0.3) is 32.9 Å². The third-order valence-corrected chi connectivity index (χ3v) is 5.43. The summed E-state index contributed by atoms with van der Waals surface area (Å²) in [6.45, 7) is 1.88. The van der Waals surface area contributed by atoms with Crippen LogP contribution in [0.15, 0.2) is 82.4 Å². The summed E-state index contributed by atoms with van der Waals surface area (Å²) in [7, 11) is 0. The standard InChI is InChI=1S/C23H15N3O4/c1-14-17-6-4-5-9-20(17)24-22(27)18-7-2-3-8-19(18)23(28)25(24)21(14)15-10-12-16(13-11-15)26(29)30/h2-13H,1H3. The first-order valence-electron chi connectivity index (χ1n) is 9.32. The Balaban J connectivity index is 2.07. The summed E-state index contributed by atoms with van der Waals surface area (Å²) >= 11 is 0. The SMILES string of the molecule is Cc1c(-c2ccc([N+](=O)[O-])cc2)n2c(=O)c3ccccc3c(=O)n2c2ccccc12. The molecule has 146 valence electrons. The van der Waals surface area contributed by atoms with Crippen molar-refractivity contribution in [3.05, 3.63) is 109 Å². The molecule has 0 saturated heterocycles. The number of benzene rings is 3. The first-order chi connectivity index (χ1) is 14.5. The highest BCUT2D eigenvalue weighted by Gasteiger charge is 2.19. The fourth-order valence-electron chi connectivity index (χ4n) is 4.03. The molecule has 3 aromatic carbocycles. The molecule has 0 fully saturated rings. The largest absolute Gasteiger partial charge is 0.278 e. The zero-order chi connectivity index (χ0) is 21.0. The van der Waals surface area contributed by atoms with Gasteiger partial charge in [0, 0.05) is 23.1 Å². The maximum Gasteiger partial charge on any atom is 0.278 e. The fourth-order valence-corrected chi connectivity index (χ4v) is 4.03. The molecule has 0 bridgehead atoms. The molecule has 0 aliphatic rings. The summed E-state index contributed by atoms with van der Waals surface area (Å²) in [6, 6.07) is 20.1. The molecule has 5 rings (SSSR count). The summed E-state index contributed by atoms with van der Waals surface area (Å²) in [5.74, 6) is 0. The zero-order valence-corrected chi connectivity index (χ0v) is 15.9. The third-order valence-electron chi connectivity index (χ3n) is 5.43. The van der Waals surface area contributed by atoms with E-state index in [9.17, 15) is 19.7 Å². The second-order valence-corrected chi connectivity index (χ2v) is 7.07. The number of aryl methyl sites for hydroxylation is 1. The highest BCUT2D eigenvalue weighted by atomic mass is 16.6. The van der Waals surface area contributed by atoms with E-state index >= 15 is 0 Å². The smallest absolute Gasteiger partial charge is 0.267 e. The Bertz CT molecular complexity index is 1610. The van der Waals surface area contributed by atoms with E-state index in [0.717, 1.165) is 10.9 Å². The quantitative estimate of drug-likeness (QED) is 0.195. The van der Waals surface area contributed by atoms with Crippen molar-refractivity contribution in [2.24, 2.45) is 0 Å². The number of non-ortho nitro benzene ring substituents is 1. The molecule has 2 aromatic heterocycles. The predicted molar refractivity (Wildman–Crippen MR) is 115 cm³/mol. The molecule has 0 N–H and O–H groups in total. The molecule has 7 nitrogen and oxygen atoms in total. The van der Waals surface area contributed by atoms with Gasteiger partial charge < -0.3 is 0 Å². The van der Waals surface area contributed by atoms with Crippen LogP contribution in [-0.2, 0) is 0 Å². The molecule has 0 aliphatic carbocycles. The zero-order valence-electron chi connectivity index (χ0n) is 15.9. The number of aromatic nitrogens is 2. The molecule has 0 spiro atoms. The van der Waals surface area contributed by atoms with Crippen LogP contribution in [-0.4, -0.2) is 14.0 Å². The van der Waals surface area contributed by atoms with Gasteiger partial charge in [0.2, 0.25) is 0 Å². The molecule has 0 atom stereocenters. The Morgan fingerprint density at radius 1 is 0.733 bits per heavy atom. The number of nitro groups is 1. The Morgan fingerprint density at radius 3 is 1.87 bits per heavy atom. The van der Waals surface area contributed by atoms with E-state index in [-0.39, 0.29) is 16.8 Å². The van der Waals surface area contributed by atoms with Crippen molar-refractivity contribution >= 4 is 27.4 Å². The molecule has 0 unspecified atom stereocenters. The highest BCUT2D eigenvalue weighted by molar-refractivity contribution is 5.89. The number of nitro benzene ring substituents is 1. The van der Waals surface area contributed by atoms with E-state index in [2.05, 4.69) is 0 Å². The number of nitrogens with zero attached hydrogens (tertiary/aromatic N) is 3. The van der Waals surface area contributed by atoms with E-state index in [1.807, 2.05) is 25.1 Å². The molecule has 0 aliphatic heterocycles. The summed E-state index contributed by atoms with van der Waals surface area (Å²) in [4.78, 5) is 37.5. The van der Waals surface area contributed by atoms with Gasteiger partial charge >= 0.3 is 0 Å². The van der Waals surface area contributed by atoms with Crippen LogP contribution in [0.5, 0.6) is 0 Å². The molecule has 2 heterocycles. The number of hydrogen-bond donors (Lipinski definition) is 0. The number of hydrogen-bond acceptors (Lipinski definition) is 4. The molecule has 30 heavy (non-hydrogen) atoms. The Morgan fingerprint density at radius 2 is 1.27 bits per heavy atom. The molecule has 5 aromatic rings. The average Bonchev–Trinajstić information content (AvgIpc) is 2.77.